The summed E-state index contributed by atoms with van der Waals surface area (Å²) < 4.78 is 33.3. The van der Waals surface area contributed by atoms with Gasteiger partial charge in [0.25, 0.3) is 0 Å². The zero-order valence-corrected chi connectivity index (χ0v) is 21.9. The van der Waals surface area contributed by atoms with Gasteiger partial charge in [0, 0.05) is 26.1 Å². The van der Waals surface area contributed by atoms with E-state index in [1.54, 1.807) is 12.1 Å². The Balaban J connectivity index is 1.54. The van der Waals surface area contributed by atoms with E-state index in [-0.39, 0.29) is 48.5 Å². The molecule has 10 heteroatoms. The third-order valence-corrected chi connectivity index (χ3v) is 8.91. The minimum absolute atomic E-state index is 0.0304. The summed E-state index contributed by atoms with van der Waals surface area (Å²) in [4.78, 5) is 25.4. The lowest BCUT2D eigenvalue weighted by Crippen LogP contribution is -2.52. The minimum atomic E-state index is -3.87. The molecule has 1 aliphatic heterocycles. The summed E-state index contributed by atoms with van der Waals surface area (Å²) in [6.45, 7) is 2.58. The van der Waals surface area contributed by atoms with Crippen LogP contribution in [-0.4, -0.2) is 62.9 Å². The molecule has 2 N–H and O–H groups in total. The molecule has 0 bridgehead atoms. The van der Waals surface area contributed by atoms with Gasteiger partial charge in [0.05, 0.1) is 23.2 Å². The van der Waals surface area contributed by atoms with Crippen molar-refractivity contribution in [2.45, 2.75) is 81.8 Å². The molecule has 1 aliphatic carbocycles. The first-order chi connectivity index (χ1) is 17.3. The fraction of sp³-hybridized carbons (Fsp3) is 0.654. The minimum Gasteiger partial charge on any atom is -0.374 e. The lowest BCUT2D eigenvalue weighted by molar-refractivity contribution is -0.129. The molecular formula is C26H38N4O5S. The van der Waals surface area contributed by atoms with Crippen molar-refractivity contribution >= 4 is 21.8 Å². The summed E-state index contributed by atoms with van der Waals surface area (Å²) in [6.07, 6.45) is 7.88. The van der Waals surface area contributed by atoms with Crippen LogP contribution in [0, 0.1) is 17.2 Å². The number of hydrogen-bond acceptors (Lipinski definition) is 6. The SMILES string of the molecule is CCCC[C@H](NC(=O)CCC1CCCC1)C(=O)NCC1CN(S(=O)(=O)c2ccccc2C#N)CCO1. The van der Waals surface area contributed by atoms with Gasteiger partial charge >= 0.3 is 0 Å². The van der Waals surface area contributed by atoms with Crippen LogP contribution >= 0.6 is 0 Å². The smallest absolute Gasteiger partial charge is 0.244 e. The fourth-order valence-electron chi connectivity index (χ4n) is 4.87. The maximum atomic E-state index is 13.1. The number of hydrogen-bond donors (Lipinski definition) is 2. The third-order valence-electron chi connectivity index (χ3n) is 6.98. The lowest BCUT2D eigenvalue weighted by atomic mass is 10.0. The van der Waals surface area contributed by atoms with Crippen LogP contribution in [0.25, 0.3) is 0 Å². The van der Waals surface area contributed by atoms with Crippen LogP contribution in [0.2, 0.25) is 0 Å². The summed E-state index contributed by atoms with van der Waals surface area (Å²) in [5.41, 5.74) is 0.0938. The molecule has 198 valence electrons. The molecule has 1 saturated heterocycles. The first kappa shape index (κ1) is 28.1. The monoisotopic (exact) mass is 518 g/mol. The Morgan fingerprint density at radius 3 is 2.72 bits per heavy atom. The van der Waals surface area contributed by atoms with E-state index >= 15 is 0 Å². The van der Waals surface area contributed by atoms with E-state index in [1.165, 1.54) is 42.1 Å². The number of nitrogens with one attached hydrogen (secondary N) is 2. The summed E-state index contributed by atoms with van der Waals surface area (Å²) in [5.74, 6) is 0.234. The summed E-state index contributed by atoms with van der Waals surface area (Å²) in [6, 6.07) is 7.42. The second-order valence-electron chi connectivity index (χ2n) is 9.66. The van der Waals surface area contributed by atoms with Crippen LogP contribution < -0.4 is 10.6 Å². The standard InChI is InChI=1S/C26H38N4O5S/c1-2-3-11-23(29-25(31)14-13-20-8-4-5-9-20)26(32)28-18-22-19-30(15-16-35-22)36(33,34)24-12-7-6-10-21(24)17-27/h6-7,10,12,20,22-23H,2-5,8-9,11,13-16,18-19H2,1H3,(H,28,32)(H,29,31)/t22?,23-/m0/s1. The Kier molecular flexibility index (Phi) is 10.7. The molecule has 0 aromatic heterocycles. The highest BCUT2D eigenvalue weighted by Crippen LogP contribution is 2.28. The largest absolute Gasteiger partial charge is 0.374 e. The Hall–Kier alpha value is -2.48. The molecule has 1 saturated carbocycles. The summed E-state index contributed by atoms with van der Waals surface area (Å²) in [5, 5.41) is 15.1. The summed E-state index contributed by atoms with van der Waals surface area (Å²) >= 11 is 0. The van der Waals surface area contributed by atoms with Crippen molar-refractivity contribution in [3.63, 3.8) is 0 Å². The van der Waals surface area contributed by atoms with Crippen LogP contribution in [0.3, 0.4) is 0 Å². The predicted molar refractivity (Wildman–Crippen MR) is 135 cm³/mol. The van der Waals surface area contributed by atoms with E-state index < -0.39 is 22.2 Å². The molecule has 1 aromatic rings. The molecule has 9 nitrogen and oxygen atoms in total. The van der Waals surface area contributed by atoms with Gasteiger partial charge in [-0.2, -0.15) is 9.57 Å². The molecule has 1 aromatic carbocycles. The Morgan fingerprint density at radius 2 is 2.00 bits per heavy atom. The number of sulfonamides is 1. The first-order valence-electron chi connectivity index (χ1n) is 13.0. The normalized spacial score (nSPS) is 19.9. The summed E-state index contributed by atoms with van der Waals surface area (Å²) in [7, 11) is -3.87. The van der Waals surface area contributed by atoms with Crippen LogP contribution in [0.15, 0.2) is 29.2 Å². The van der Waals surface area contributed by atoms with Crippen LogP contribution in [0.1, 0.15) is 70.3 Å². The highest BCUT2D eigenvalue weighted by Gasteiger charge is 2.33. The topological polar surface area (TPSA) is 129 Å². The molecule has 2 amide bonds. The van der Waals surface area contributed by atoms with E-state index in [0.29, 0.717) is 18.8 Å². The van der Waals surface area contributed by atoms with E-state index in [9.17, 15) is 23.3 Å². The van der Waals surface area contributed by atoms with Crippen molar-refractivity contribution in [2.24, 2.45) is 5.92 Å². The van der Waals surface area contributed by atoms with Crippen molar-refractivity contribution in [1.29, 1.82) is 5.26 Å². The van der Waals surface area contributed by atoms with Crippen molar-refractivity contribution in [3.8, 4) is 6.07 Å². The average molecular weight is 519 g/mol. The zero-order valence-electron chi connectivity index (χ0n) is 21.1. The molecule has 2 fully saturated rings. The van der Waals surface area contributed by atoms with Gasteiger partial charge in [-0.05, 0) is 30.9 Å². The Labute approximate surface area is 214 Å². The molecule has 36 heavy (non-hydrogen) atoms. The highest BCUT2D eigenvalue weighted by molar-refractivity contribution is 7.89. The number of unbranched alkanes of at least 4 members (excludes halogenated alkanes) is 1. The molecule has 0 spiro atoms. The first-order valence-corrected chi connectivity index (χ1v) is 14.5. The third kappa shape index (κ3) is 7.76. The van der Waals surface area contributed by atoms with E-state index in [1.807, 2.05) is 13.0 Å². The number of morpholine rings is 1. The Bertz CT molecular complexity index is 1030. The van der Waals surface area contributed by atoms with Gasteiger partial charge in [0.15, 0.2) is 0 Å². The average Bonchev–Trinajstić information content (AvgIpc) is 3.42. The van der Waals surface area contributed by atoms with Crippen molar-refractivity contribution < 1.29 is 22.7 Å². The molecule has 1 heterocycles. The molecule has 2 atom stereocenters. The van der Waals surface area contributed by atoms with Gasteiger partial charge in [-0.25, -0.2) is 8.42 Å². The zero-order chi connectivity index (χ0) is 26.0. The van der Waals surface area contributed by atoms with Crippen LogP contribution in [-0.2, 0) is 24.3 Å². The maximum absolute atomic E-state index is 13.1. The Morgan fingerprint density at radius 1 is 1.25 bits per heavy atom. The molecule has 1 unspecified atom stereocenters. The van der Waals surface area contributed by atoms with Gasteiger partial charge in [0.2, 0.25) is 21.8 Å². The number of carbonyl (C=O) groups excluding carboxylic acids is 2. The number of nitriles is 1. The van der Waals surface area contributed by atoms with Crippen LogP contribution in [0.4, 0.5) is 0 Å². The molecule has 0 radical (unpaired) electrons. The number of carbonyl (C=O) groups is 2. The molecular weight excluding hydrogens is 480 g/mol. The van der Waals surface area contributed by atoms with Gasteiger partial charge in [-0.1, -0.05) is 57.6 Å². The highest BCUT2D eigenvalue weighted by atomic mass is 32.2. The molecule has 2 aliphatic rings. The van der Waals surface area contributed by atoms with E-state index in [0.717, 1.165) is 19.3 Å². The fourth-order valence-corrected chi connectivity index (χ4v) is 6.47. The second kappa shape index (κ2) is 13.7. The number of nitrogens with zero attached hydrogens (tertiary/aromatic N) is 2. The second-order valence-corrected chi connectivity index (χ2v) is 11.6. The number of benzene rings is 1. The van der Waals surface area contributed by atoms with E-state index in [4.69, 9.17) is 4.74 Å². The van der Waals surface area contributed by atoms with Crippen LogP contribution in [0.5, 0.6) is 0 Å². The quantitative estimate of drug-likeness (QED) is 0.438. The van der Waals surface area contributed by atoms with Gasteiger partial charge in [-0.3, -0.25) is 9.59 Å². The van der Waals surface area contributed by atoms with Crippen molar-refractivity contribution in [1.82, 2.24) is 14.9 Å². The van der Waals surface area contributed by atoms with Gasteiger partial charge in [0.1, 0.15) is 12.1 Å². The van der Waals surface area contributed by atoms with E-state index in [2.05, 4.69) is 10.6 Å². The predicted octanol–water partition coefficient (Wildman–Crippen LogP) is 2.71. The maximum Gasteiger partial charge on any atom is 0.244 e. The molecule has 3 rings (SSSR count). The number of rotatable bonds is 12. The van der Waals surface area contributed by atoms with Gasteiger partial charge in [-0.15, -0.1) is 0 Å². The number of ether oxygens (including phenoxy) is 1. The lowest BCUT2D eigenvalue weighted by Gasteiger charge is -2.32. The van der Waals surface area contributed by atoms with Gasteiger partial charge < -0.3 is 15.4 Å². The number of amides is 2. The van der Waals surface area contributed by atoms with Crippen molar-refractivity contribution in [2.75, 3.05) is 26.2 Å². The van der Waals surface area contributed by atoms with Crippen molar-refractivity contribution in [3.05, 3.63) is 29.8 Å².